The normalized spacial score (nSPS) is 12.6. The molecule has 0 atom stereocenters. The Balaban J connectivity index is 1.46. The van der Waals surface area contributed by atoms with Crippen LogP contribution in [0.15, 0.2) is 81.7 Å². The molecule has 5 rings (SSSR count). The van der Waals surface area contributed by atoms with Crippen LogP contribution in [0.1, 0.15) is 17.0 Å². The molecule has 0 radical (unpaired) electrons. The Labute approximate surface area is 174 Å². The lowest BCUT2D eigenvalue weighted by atomic mass is 9.87. The van der Waals surface area contributed by atoms with Gasteiger partial charge in [-0.15, -0.1) is 5.10 Å². The molecule has 2 heterocycles. The van der Waals surface area contributed by atoms with Crippen LogP contribution in [0, 0.1) is 0 Å². The van der Waals surface area contributed by atoms with Gasteiger partial charge in [0.05, 0.1) is 5.92 Å². The molecule has 1 amide bonds. The summed E-state index contributed by atoms with van der Waals surface area (Å²) in [5.74, 6) is 0.836. The third-order valence-corrected chi connectivity index (χ3v) is 5.16. The molecule has 3 aromatic carbocycles. The molecule has 4 aromatic rings. The molecule has 0 fully saturated rings. The first-order valence-corrected chi connectivity index (χ1v) is 9.74. The zero-order chi connectivity index (χ0) is 19.8. The highest BCUT2D eigenvalue weighted by Gasteiger charge is 2.33. The highest BCUT2D eigenvalue weighted by molar-refractivity contribution is 9.10. The van der Waals surface area contributed by atoms with E-state index in [9.17, 15) is 4.79 Å². The third-order valence-electron chi connectivity index (χ3n) is 4.67. The standard InChI is InChI=1S/C22H14BrN3O3/c23-14-7-5-6-13(12-14)21-25-26-22(29-21)24-20(27)19-15-8-1-3-10-17(15)28-18-11-4-2-9-16(18)19/h1-12,19H,(H,24,26,27). The fraction of sp³-hybridized carbons (Fsp3) is 0.0455. The summed E-state index contributed by atoms with van der Waals surface area (Å²) in [5.41, 5.74) is 2.33. The van der Waals surface area contributed by atoms with Crippen molar-refractivity contribution in [2.45, 2.75) is 5.92 Å². The summed E-state index contributed by atoms with van der Waals surface area (Å²) in [4.78, 5) is 13.2. The molecule has 0 saturated heterocycles. The van der Waals surface area contributed by atoms with Crippen molar-refractivity contribution in [1.29, 1.82) is 0 Å². The van der Waals surface area contributed by atoms with E-state index in [0.717, 1.165) is 21.2 Å². The Morgan fingerprint density at radius 2 is 1.59 bits per heavy atom. The Bertz CT molecular complexity index is 1180. The van der Waals surface area contributed by atoms with Crippen molar-refractivity contribution >= 4 is 27.9 Å². The Hall–Kier alpha value is -3.45. The summed E-state index contributed by atoms with van der Waals surface area (Å²) in [7, 11) is 0. The van der Waals surface area contributed by atoms with Gasteiger partial charge in [-0.05, 0) is 30.3 Å². The average molecular weight is 448 g/mol. The first-order valence-electron chi connectivity index (χ1n) is 8.95. The van der Waals surface area contributed by atoms with Crippen molar-refractivity contribution in [3.63, 3.8) is 0 Å². The lowest BCUT2D eigenvalue weighted by Crippen LogP contribution is -2.25. The van der Waals surface area contributed by atoms with E-state index in [1.54, 1.807) is 0 Å². The summed E-state index contributed by atoms with van der Waals surface area (Å²) in [6, 6.07) is 22.5. The van der Waals surface area contributed by atoms with Gasteiger partial charge in [-0.2, -0.15) is 0 Å². The Morgan fingerprint density at radius 3 is 2.28 bits per heavy atom. The number of rotatable bonds is 3. The van der Waals surface area contributed by atoms with E-state index in [-0.39, 0.29) is 11.9 Å². The molecule has 1 aromatic heterocycles. The van der Waals surface area contributed by atoms with Crippen molar-refractivity contribution < 1.29 is 13.9 Å². The number of anilines is 1. The predicted molar refractivity (Wildman–Crippen MR) is 111 cm³/mol. The summed E-state index contributed by atoms with van der Waals surface area (Å²) in [5, 5.41) is 10.8. The molecular weight excluding hydrogens is 434 g/mol. The van der Waals surface area contributed by atoms with Crippen LogP contribution in [0.2, 0.25) is 0 Å². The van der Waals surface area contributed by atoms with Gasteiger partial charge in [-0.25, -0.2) is 0 Å². The van der Waals surface area contributed by atoms with E-state index in [0.29, 0.717) is 17.4 Å². The molecule has 0 spiro atoms. The largest absolute Gasteiger partial charge is 0.457 e. The van der Waals surface area contributed by atoms with Crippen LogP contribution < -0.4 is 10.1 Å². The SMILES string of the molecule is O=C(Nc1nnc(-c2cccc(Br)c2)o1)C1c2ccccc2Oc2ccccc21. The van der Waals surface area contributed by atoms with Crippen LogP contribution >= 0.6 is 15.9 Å². The van der Waals surface area contributed by atoms with Crippen molar-refractivity contribution in [2.75, 3.05) is 5.32 Å². The number of halogens is 1. The van der Waals surface area contributed by atoms with Gasteiger partial charge in [-0.1, -0.05) is 63.5 Å². The lowest BCUT2D eigenvalue weighted by molar-refractivity contribution is -0.117. The minimum absolute atomic E-state index is 0.0476. The first kappa shape index (κ1) is 17.6. The Kier molecular flexibility index (Phi) is 4.37. The number of hydrogen-bond acceptors (Lipinski definition) is 5. The maximum absolute atomic E-state index is 13.2. The van der Waals surface area contributed by atoms with Crippen LogP contribution in [0.4, 0.5) is 6.01 Å². The van der Waals surface area contributed by atoms with Crippen molar-refractivity contribution in [2.24, 2.45) is 0 Å². The minimum atomic E-state index is -0.544. The van der Waals surface area contributed by atoms with E-state index >= 15 is 0 Å². The van der Waals surface area contributed by atoms with Gasteiger partial charge in [0, 0.05) is 21.2 Å². The Morgan fingerprint density at radius 1 is 0.897 bits per heavy atom. The van der Waals surface area contributed by atoms with Crippen molar-refractivity contribution in [3.05, 3.63) is 88.4 Å². The number of ether oxygens (including phenoxy) is 1. The smallest absolute Gasteiger partial charge is 0.322 e. The number of nitrogens with zero attached hydrogens (tertiary/aromatic N) is 2. The van der Waals surface area contributed by atoms with Gasteiger partial charge in [0.2, 0.25) is 11.8 Å². The lowest BCUT2D eigenvalue weighted by Gasteiger charge is -2.26. The number of carbonyl (C=O) groups excluding carboxylic acids is 1. The molecule has 1 aliphatic rings. The maximum Gasteiger partial charge on any atom is 0.322 e. The summed E-state index contributed by atoms with van der Waals surface area (Å²) in [6.07, 6.45) is 0. The number of nitrogens with one attached hydrogen (secondary N) is 1. The van der Waals surface area contributed by atoms with Crippen LogP contribution in [0.25, 0.3) is 11.5 Å². The zero-order valence-corrected chi connectivity index (χ0v) is 16.6. The molecule has 0 aliphatic carbocycles. The van der Waals surface area contributed by atoms with E-state index in [1.165, 1.54) is 0 Å². The number of para-hydroxylation sites is 2. The topological polar surface area (TPSA) is 77.3 Å². The number of amides is 1. The number of aromatic nitrogens is 2. The van der Waals surface area contributed by atoms with Crippen LogP contribution in [-0.4, -0.2) is 16.1 Å². The third kappa shape index (κ3) is 3.30. The monoisotopic (exact) mass is 447 g/mol. The summed E-state index contributed by atoms with van der Waals surface area (Å²) >= 11 is 3.42. The van der Waals surface area contributed by atoms with Gasteiger partial charge < -0.3 is 9.15 Å². The van der Waals surface area contributed by atoms with E-state index in [2.05, 4.69) is 31.4 Å². The molecule has 0 unspecified atom stereocenters. The van der Waals surface area contributed by atoms with Gasteiger partial charge in [0.1, 0.15) is 11.5 Å². The maximum atomic E-state index is 13.2. The number of hydrogen-bond donors (Lipinski definition) is 1. The van der Waals surface area contributed by atoms with Gasteiger partial charge in [-0.3, -0.25) is 10.1 Å². The van der Waals surface area contributed by atoms with Gasteiger partial charge in [0.15, 0.2) is 0 Å². The summed E-state index contributed by atoms with van der Waals surface area (Å²) in [6.45, 7) is 0. The molecule has 0 bridgehead atoms. The number of benzene rings is 3. The second-order valence-electron chi connectivity index (χ2n) is 6.52. The fourth-order valence-electron chi connectivity index (χ4n) is 3.38. The molecular formula is C22H14BrN3O3. The molecule has 0 saturated carbocycles. The van der Waals surface area contributed by atoms with Crippen molar-refractivity contribution in [1.82, 2.24) is 10.2 Å². The highest BCUT2D eigenvalue weighted by Crippen LogP contribution is 2.44. The highest BCUT2D eigenvalue weighted by atomic mass is 79.9. The van der Waals surface area contributed by atoms with E-state index in [1.807, 2.05) is 72.8 Å². The van der Waals surface area contributed by atoms with Gasteiger partial charge >= 0.3 is 6.01 Å². The summed E-state index contributed by atoms with van der Waals surface area (Å²) < 4.78 is 12.5. The van der Waals surface area contributed by atoms with Gasteiger partial charge in [0.25, 0.3) is 0 Å². The first-order chi connectivity index (χ1) is 14.2. The molecule has 1 aliphatic heterocycles. The van der Waals surface area contributed by atoms with Crippen LogP contribution in [0.3, 0.4) is 0 Å². The predicted octanol–water partition coefficient (Wildman–Crippen LogP) is 5.38. The second kappa shape index (κ2) is 7.18. The van der Waals surface area contributed by atoms with Crippen LogP contribution in [-0.2, 0) is 4.79 Å². The fourth-order valence-corrected chi connectivity index (χ4v) is 3.78. The van der Waals surface area contributed by atoms with Crippen molar-refractivity contribution in [3.8, 4) is 23.0 Å². The minimum Gasteiger partial charge on any atom is -0.457 e. The molecule has 6 nitrogen and oxygen atoms in total. The quantitative estimate of drug-likeness (QED) is 0.456. The molecule has 1 N–H and O–H groups in total. The molecule has 29 heavy (non-hydrogen) atoms. The molecule has 7 heteroatoms. The second-order valence-corrected chi connectivity index (χ2v) is 7.44. The zero-order valence-electron chi connectivity index (χ0n) is 15.0. The van der Waals surface area contributed by atoms with E-state index in [4.69, 9.17) is 9.15 Å². The number of carbonyl (C=O) groups is 1. The van der Waals surface area contributed by atoms with Crippen LogP contribution in [0.5, 0.6) is 11.5 Å². The molecule has 142 valence electrons. The average Bonchev–Trinajstić information content (AvgIpc) is 3.20. The van der Waals surface area contributed by atoms with E-state index < -0.39 is 5.92 Å². The number of fused-ring (bicyclic) bond motifs is 2.